The van der Waals surface area contributed by atoms with Crippen molar-refractivity contribution in [2.75, 3.05) is 65.6 Å². The molecule has 0 saturated carbocycles. The summed E-state index contributed by atoms with van der Waals surface area (Å²) in [4.78, 5) is 78.8. The summed E-state index contributed by atoms with van der Waals surface area (Å²) in [6.45, 7) is 22.9. The molecular formula is C64H83BClN3NaO19+. The molecule has 3 fully saturated rings. The maximum atomic E-state index is 11.5. The predicted octanol–water partition coefficient (Wildman–Crippen LogP) is 4.66. The number of aliphatic carboxylic acids is 1. The summed E-state index contributed by atoms with van der Waals surface area (Å²) in [7, 11) is -1.59. The van der Waals surface area contributed by atoms with Gasteiger partial charge in [-0.1, -0.05) is 69.6 Å². The zero-order valence-corrected chi connectivity index (χ0v) is 55.4. The molecule has 0 radical (unpaired) electrons. The second-order valence-corrected chi connectivity index (χ2v) is 23.7. The van der Waals surface area contributed by atoms with Crippen molar-refractivity contribution in [3.63, 3.8) is 0 Å². The van der Waals surface area contributed by atoms with E-state index in [0.717, 1.165) is 144 Å². The molecule has 22 nitrogen and oxygen atoms in total. The van der Waals surface area contributed by atoms with Crippen LogP contribution in [0.2, 0.25) is 5.02 Å². The van der Waals surface area contributed by atoms with Crippen LogP contribution in [0.1, 0.15) is 109 Å². The number of aryl methyl sites for hydroxylation is 1. The first-order valence-electron chi connectivity index (χ1n) is 29.6. The number of carboxylic acid groups (broad SMARTS) is 1. The third-order valence-electron chi connectivity index (χ3n) is 14.9. The summed E-state index contributed by atoms with van der Waals surface area (Å²) < 4.78 is 46.8. The fourth-order valence-electron chi connectivity index (χ4n) is 11.1. The van der Waals surface area contributed by atoms with Crippen molar-refractivity contribution in [3.05, 3.63) is 106 Å². The van der Waals surface area contributed by atoms with Crippen LogP contribution in [0.3, 0.4) is 0 Å². The number of carbonyl (C=O) groups is 7. The number of esters is 2. The number of phenols is 2. The van der Waals surface area contributed by atoms with Crippen molar-refractivity contribution in [2.45, 2.75) is 131 Å². The minimum absolute atomic E-state index is 0. The number of carboxylic acids is 1. The maximum Gasteiger partial charge on any atom is 1.00 e. The fraction of sp³-hybridized carbons (Fsp3) is 0.516. The van der Waals surface area contributed by atoms with Crippen molar-refractivity contribution in [1.82, 2.24) is 15.1 Å². The molecule has 89 heavy (non-hydrogen) atoms. The van der Waals surface area contributed by atoms with E-state index in [4.69, 9.17) is 40.4 Å². The summed E-state index contributed by atoms with van der Waals surface area (Å²) >= 11 is 6.37. The number of phenolic OH excluding ortho intramolecular Hbond substituents is 2. The third kappa shape index (κ3) is 22.4. The Kier molecular flexibility index (Phi) is 27.9. The van der Waals surface area contributed by atoms with E-state index in [9.17, 15) is 43.8 Å². The van der Waals surface area contributed by atoms with Crippen LogP contribution in [0.15, 0.2) is 72.8 Å². The van der Waals surface area contributed by atoms with E-state index in [1.807, 2.05) is 50.2 Å². The largest absolute Gasteiger partial charge is 1.00 e. The maximum absolute atomic E-state index is 11.5. The molecule has 3 spiro atoms. The zero-order chi connectivity index (χ0) is 64.3. The molecule has 3 atom stereocenters. The second-order valence-electron chi connectivity index (χ2n) is 23.3. The van der Waals surface area contributed by atoms with Crippen LogP contribution in [-0.4, -0.2) is 157 Å². The Bertz CT molecular complexity index is 3040. The van der Waals surface area contributed by atoms with E-state index in [0.29, 0.717) is 26.2 Å². The number of aromatic hydroxyl groups is 2. The van der Waals surface area contributed by atoms with Crippen LogP contribution in [0.25, 0.3) is 0 Å². The number of ether oxygens (including phenoxy) is 6. The van der Waals surface area contributed by atoms with Crippen LogP contribution in [-0.2, 0) is 89.3 Å². The number of aldehydes is 1. The molecule has 10 rings (SSSR count). The first kappa shape index (κ1) is 73.1. The fourth-order valence-corrected chi connectivity index (χ4v) is 11.4. The standard InChI is InChI=1S/C24H28ClNO4.C17H23NO4.C10H11NO2.C7H12O3.C6H9BO6.Na/c1-3-17-5-4-6-21(25)20(17)13-29-19-8-7-18-11-24(30-22(18)10-19)14-26(15-24)12-16(2)9-23(27)28;1-3-21-16(20)6-12(2)9-18-10-17(11-18)8-13-4-5-14(19)7-15(13)22-17;12-8-2-1-7-4-10(5-11-6-10)13-9(7)3-8;1-3-10-7(9)4-6(2)5-8;1-4(8)11-7(12-5(2)9)13-6(3)10;/h4-8,10,16H,3,9,11-15H2,1-2H3,(H,27,28);4-5,7,12,19H,3,6,8-11H2,1-2H3;1-3,11-12H,4-6H2;5-6H,3-4H2,1-2H3;1-3H3;/q;;;;;+1. The Balaban J connectivity index is 0.000000215. The summed E-state index contributed by atoms with van der Waals surface area (Å²) in [5, 5.41) is 31.7. The van der Waals surface area contributed by atoms with E-state index >= 15 is 0 Å². The van der Waals surface area contributed by atoms with Crippen molar-refractivity contribution < 1.29 is 121 Å². The molecule has 0 aliphatic carbocycles. The van der Waals surface area contributed by atoms with Gasteiger partial charge in [-0.25, -0.2) is 0 Å². The van der Waals surface area contributed by atoms with E-state index in [2.05, 4.69) is 59.8 Å². The van der Waals surface area contributed by atoms with E-state index in [-0.39, 0.29) is 100 Å². The quantitative estimate of drug-likeness (QED) is 0.0532. The summed E-state index contributed by atoms with van der Waals surface area (Å²) in [5.41, 5.74) is 5.48. The van der Waals surface area contributed by atoms with Gasteiger partial charge in [-0.2, -0.15) is 0 Å². The van der Waals surface area contributed by atoms with Gasteiger partial charge < -0.3 is 67.8 Å². The van der Waals surface area contributed by atoms with Gasteiger partial charge in [-0.15, -0.1) is 0 Å². The Morgan fingerprint density at radius 3 is 1.54 bits per heavy atom. The number of nitrogens with one attached hydrogen (secondary N) is 1. The average Bonchev–Trinajstić information content (AvgIpc) is 1.65. The molecule has 3 unspecified atom stereocenters. The van der Waals surface area contributed by atoms with Gasteiger partial charge in [0.15, 0.2) is 0 Å². The molecule has 3 saturated heterocycles. The molecule has 6 aliphatic rings. The average molecular weight is 1270 g/mol. The number of fused-ring (bicyclic) bond motifs is 3. The second kappa shape index (κ2) is 34.0. The first-order valence-corrected chi connectivity index (χ1v) is 30.0. The molecule has 6 aliphatic heterocycles. The molecule has 0 aromatic heterocycles. The molecule has 25 heteroatoms. The monoisotopic (exact) mass is 1270 g/mol. The van der Waals surface area contributed by atoms with Crippen LogP contribution < -0.4 is 53.8 Å². The molecular weight excluding hydrogens is 1180 g/mol. The van der Waals surface area contributed by atoms with Gasteiger partial charge in [0.25, 0.3) is 17.9 Å². The Hall–Kier alpha value is -6.60. The Labute approximate surface area is 547 Å². The van der Waals surface area contributed by atoms with Crippen LogP contribution >= 0.6 is 11.6 Å². The number of hydrogen-bond donors (Lipinski definition) is 4. The SMILES string of the molecule is CC(=O)OB(OC(C)=O)OC(C)=O.CCOC(=O)CC(C)C=O.CCOC(=O)CC(C)CN1CC2(Cc3ccc(O)cc3O2)C1.CCc1cccc(Cl)c1COc1ccc2c(c1)OC1(C2)CN(CC(C)CC(=O)O)C1.Oc1ccc2c(c1)OC1(CNC1)C2.[Na+]. The van der Waals surface area contributed by atoms with Gasteiger partial charge in [0.2, 0.25) is 0 Å². The van der Waals surface area contributed by atoms with Gasteiger partial charge in [-0.05, 0) is 78.6 Å². The van der Waals surface area contributed by atoms with Gasteiger partial charge in [-0.3, -0.25) is 38.6 Å². The zero-order valence-electron chi connectivity index (χ0n) is 52.7. The normalized spacial score (nSPS) is 16.8. The van der Waals surface area contributed by atoms with Crippen LogP contribution in [0, 0.1) is 17.8 Å². The van der Waals surface area contributed by atoms with Crippen molar-refractivity contribution >= 4 is 61.0 Å². The third-order valence-corrected chi connectivity index (χ3v) is 15.2. The van der Waals surface area contributed by atoms with E-state index in [1.54, 1.807) is 38.1 Å². The number of halogens is 1. The van der Waals surface area contributed by atoms with Crippen molar-refractivity contribution in [1.29, 1.82) is 0 Å². The van der Waals surface area contributed by atoms with E-state index < -0.39 is 31.2 Å². The number of carbonyl (C=O) groups excluding carboxylic acids is 6. The molecule has 4 N–H and O–H groups in total. The Morgan fingerprint density at radius 2 is 1.10 bits per heavy atom. The number of nitrogens with zero attached hydrogens (tertiary/aromatic N) is 2. The van der Waals surface area contributed by atoms with Gasteiger partial charge in [0.05, 0.1) is 19.6 Å². The van der Waals surface area contributed by atoms with Gasteiger partial charge >= 0.3 is 54.8 Å². The predicted molar refractivity (Wildman–Crippen MR) is 324 cm³/mol. The van der Waals surface area contributed by atoms with E-state index in [1.165, 1.54) is 16.7 Å². The van der Waals surface area contributed by atoms with Gasteiger partial charge in [0, 0.05) is 140 Å². The minimum atomic E-state index is -1.59. The Morgan fingerprint density at radius 1 is 0.652 bits per heavy atom. The summed E-state index contributed by atoms with van der Waals surface area (Å²) in [5.74, 6) is 0.737. The summed E-state index contributed by atoms with van der Waals surface area (Å²) in [6, 6.07) is 22.7. The van der Waals surface area contributed by atoms with Crippen LogP contribution in [0.4, 0.5) is 0 Å². The molecule has 478 valence electrons. The van der Waals surface area contributed by atoms with Crippen LogP contribution in [0.5, 0.6) is 34.5 Å². The molecule has 6 heterocycles. The number of likely N-dealkylation sites (tertiary alicyclic amines) is 2. The number of rotatable bonds is 20. The number of benzene rings is 4. The summed E-state index contributed by atoms with van der Waals surface area (Å²) in [6.07, 6.45) is 5.27. The van der Waals surface area contributed by atoms with Gasteiger partial charge in [0.1, 0.15) is 64.2 Å². The molecule has 4 aromatic carbocycles. The van der Waals surface area contributed by atoms with Crippen molar-refractivity contribution in [3.8, 4) is 34.5 Å². The topological polar surface area (TPSA) is 282 Å². The molecule has 4 aromatic rings. The molecule has 0 bridgehead atoms. The molecule has 0 amide bonds. The minimum Gasteiger partial charge on any atom is -0.508 e. The number of hydrogen-bond acceptors (Lipinski definition) is 21. The smallest absolute Gasteiger partial charge is 0.508 e. The van der Waals surface area contributed by atoms with Crippen molar-refractivity contribution in [2.24, 2.45) is 17.8 Å². The first-order chi connectivity index (χ1) is 41.8.